The van der Waals surface area contributed by atoms with Crippen molar-refractivity contribution < 1.29 is 4.42 Å². The lowest BCUT2D eigenvalue weighted by Gasteiger charge is -2.26. The molecule has 2 heteroatoms. The standard InChI is InChI=1S/C57H45NO/c1-57(2)52-31-27-43(35-51(52)56-49(40-17-8-4-9-18-40)36-44(37-53(56)57)38-15-6-3-7-16-38)41-19-14-22-47(33-41)58(45-20-10-5-11-21-45)46-29-25-39(26-30-46)42-28-32-55-50(34-42)48-23-12-13-24-54(48)59-55/h4-6,8-12,14-23,25-37H,3,7,13,24H2,1-2H3. The Balaban J connectivity index is 0.987. The van der Waals surface area contributed by atoms with E-state index in [9.17, 15) is 0 Å². The number of para-hydroxylation sites is 1. The van der Waals surface area contributed by atoms with Crippen LogP contribution in [0.2, 0.25) is 0 Å². The Bertz CT molecular complexity index is 2990. The summed E-state index contributed by atoms with van der Waals surface area (Å²) in [7, 11) is 0. The van der Waals surface area contributed by atoms with E-state index in [1.807, 2.05) is 0 Å². The van der Waals surface area contributed by atoms with E-state index in [2.05, 4.69) is 207 Å². The Morgan fingerprint density at radius 1 is 0.492 bits per heavy atom. The quantitative estimate of drug-likeness (QED) is 0.161. The number of furan rings is 1. The van der Waals surface area contributed by atoms with E-state index in [0.717, 1.165) is 54.1 Å². The highest BCUT2D eigenvalue weighted by Crippen LogP contribution is 2.54. The molecule has 59 heavy (non-hydrogen) atoms. The van der Waals surface area contributed by atoms with Gasteiger partial charge in [0.15, 0.2) is 0 Å². The van der Waals surface area contributed by atoms with Crippen LogP contribution in [-0.4, -0.2) is 0 Å². The first-order chi connectivity index (χ1) is 29.0. The van der Waals surface area contributed by atoms with Gasteiger partial charge in [0.25, 0.3) is 0 Å². The van der Waals surface area contributed by atoms with Crippen LogP contribution in [0, 0.1) is 0 Å². The van der Waals surface area contributed by atoms with Crippen molar-refractivity contribution >= 4 is 39.7 Å². The molecule has 0 spiro atoms. The van der Waals surface area contributed by atoms with E-state index < -0.39 is 0 Å². The molecule has 284 valence electrons. The van der Waals surface area contributed by atoms with Crippen LogP contribution in [0.4, 0.5) is 17.1 Å². The number of rotatable bonds is 7. The van der Waals surface area contributed by atoms with Gasteiger partial charge in [-0.1, -0.05) is 135 Å². The van der Waals surface area contributed by atoms with Crippen LogP contribution in [0.15, 0.2) is 186 Å². The van der Waals surface area contributed by atoms with E-state index in [-0.39, 0.29) is 5.41 Å². The smallest absolute Gasteiger partial charge is 0.134 e. The minimum absolute atomic E-state index is 0.138. The molecule has 2 nitrogen and oxygen atoms in total. The Labute approximate surface area is 347 Å². The van der Waals surface area contributed by atoms with Gasteiger partial charge in [-0.2, -0.15) is 0 Å². The fourth-order valence-electron chi connectivity index (χ4n) is 9.67. The van der Waals surface area contributed by atoms with Gasteiger partial charge in [0, 0.05) is 39.8 Å². The molecule has 0 atom stereocenters. The van der Waals surface area contributed by atoms with Gasteiger partial charge in [-0.3, -0.25) is 0 Å². The van der Waals surface area contributed by atoms with Crippen molar-refractivity contribution in [1.29, 1.82) is 0 Å². The largest absolute Gasteiger partial charge is 0.460 e. The van der Waals surface area contributed by atoms with E-state index in [1.54, 1.807) is 0 Å². The van der Waals surface area contributed by atoms with Crippen molar-refractivity contribution in [3.63, 3.8) is 0 Å². The molecular weight excluding hydrogens is 715 g/mol. The molecule has 3 aliphatic rings. The molecule has 0 aliphatic heterocycles. The third kappa shape index (κ3) is 6.10. The van der Waals surface area contributed by atoms with Crippen LogP contribution in [0.3, 0.4) is 0 Å². The number of benzene rings is 7. The minimum atomic E-state index is -0.138. The summed E-state index contributed by atoms with van der Waals surface area (Å²) in [6, 6.07) is 58.3. The van der Waals surface area contributed by atoms with Gasteiger partial charge in [0.1, 0.15) is 11.3 Å². The topological polar surface area (TPSA) is 16.4 Å². The average Bonchev–Trinajstić information content (AvgIpc) is 3.78. The predicted octanol–water partition coefficient (Wildman–Crippen LogP) is 15.9. The van der Waals surface area contributed by atoms with Crippen LogP contribution in [0.5, 0.6) is 0 Å². The molecular formula is C57H45NO. The summed E-state index contributed by atoms with van der Waals surface area (Å²) in [6.45, 7) is 4.79. The second-order valence-electron chi connectivity index (χ2n) is 16.7. The lowest BCUT2D eigenvalue weighted by atomic mass is 9.80. The molecule has 11 rings (SSSR count). The molecule has 7 aromatic carbocycles. The van der Waals surface area contributed by atoms with Gasteiger partial charge in [-0.05, 0) is 153 Å². The van der Waals surface area contributed by atoms with Crippen LogP contribution < -0.4 is 4.90 Å². The van der Waals surface area contributed by atoms with Crippen molar-refractivity contribution in [2.24, 2.45) is 0 Å². The number of anilines is 3. The lowest BCUT2D eigenvalue weighted by molar-refractivity contribution is 0.546. The van der Waals surface area contributed by atoms with Crippen molar-refractivity contribution in [2.75, 3.05) is 4.90 Å². The second kappa shape index (κ2) is 14.2. The highest BCUT2D eigenvalue weighted by molar-refractivity contribution is 5.97. The van der Waals surface area contributed by atoms with Gasteiger partial charge < -0.3 is 9.32 Å². The first kappa shape index (κ1) is 35.3. The summed E-state index contributed by atoms with van der Waals surface area (Å²) in [5.41, 5.74) is 20.8. The van der Waals surface area contributed by atoms with Crippen LogP contribution in [0.25, 0.3) is 67.1 Å². The predicted molar refractivity (Wildman–Crippen MR) is 248 cm³/mol. The zero-order chi connectivity index (χ0) is 39.5. The molecule has 1 aromatic heterocycles. The average molecular weight is 760 g/mol. The maximum atomic E-state index is 6.20. The SMILES string of the molecule is CC1(C)c2ccc(-c3cccc(N(c4ccccc4)c4ccc(-c5ccc6oc7c(c6c5)C=CCC7)cc4)c3)cc2-c2c(-c3ccccc3)cc(C3=CCCC=C3)cc21. The first-order valence-corrected chi connectivity index (χ1v) is 21.0. The van der Waals surface area contributed by atoms with E-state index in [0.29, 0.717) is 0 Å². The molecule has 0 unspecified atom stereocenters. The summed E-state index contributed by atoms with van der Waals surface area (Å²) in [5.74, 6) is 1.10. The van der Waals surface area contributed by atoms with Crippen LogP contribution in [-0.2, 0) is 11.8 Å². The van der Waals surface area contributed by atoms with Gasteiger partial charge in [-0.25, -0.2) is 0 Å². The zero-order valence-electron chi connectivity index (χ0n) is 33.6. The van der Waals surface area contributed by atoms with Crippen molar-refractivity contribution in [3.8, 4) is 44.5 Å². The fourth-order valence-corrected chi connectivity index (χ4v) is 9.67. The Morgan fingerprint density at radius 3 is 1.98 bits per heavy atom. The molecule has 1 heterocycles. The molecule has 0 bridgehead atoms. The molecule has 0 N–H and O–H groups in total. The highest BCUT2D eigenvalue weighted by Gasteiger charge is 2.38. The number of hydrogen-bond acceptors (Lipinski definition) is 2. The van der Waals surface area contributed by atoms with Crippen LogP contribution in [0.1, 0.15) is 61.1 Å². The normalized spacial score (nSPS) is 14.8. The number of hydrogen-bond donors (Lipinski definition) is 0. The van der Waals surface area contributed by atoms with Crippen molar-refractivity contribution in [2.45, 2.75) is 44.9 Å². The Hall–Kier alpha value is -6.90. The Morgan fingerprint density at radius 2 is 1.17 bits per heavy atom. The number of fused-ring (bicyclic) bond motifs is 6. The maximum absolute atomic E-state index is 6.20. The van der Waals surface area contributed by atoms with Gasteiger partial charge in [-0.15, -0.1) is 0 Å². The fraction of sp³-hybridized carbons (Fsp3) is 0.123. The van der Waals surface area contributed by atoms with Crippen molar-refractivity contribution in [1.82, 2.24) is 0 Å². The third-order valence-electron chi connectivity index (χ3n) is 12.7. The first-order valence-electron chi connectivity index (χ1n) is 21.0. The molecule has 3 aliphatic carbocycles. The maximum Gasteiger partial charge on any atom is 0.134 e. The number of nitrogens with zero attached hydrogens (tertiary/aromatic N) is 1. The lowest BCUT2D eigenvalue weighted by Crippen LogP contribution is -2.15. The molecule has 0 fully saturated rings. The third-order valence-corrected chi connectivity index (χ3v) is 12.7. The van der Waals surface area contributed by atoms with E-state index >= 15 is 0 Å². The summed E-state index contributed by atoms with van der Waals surface area (Å²) < 4.78 is 6.20. The van der Waals surface area contributed by atoms with Gasteiger partial charge in [0.2, 0.25) is 0 Å². The zero-order valence-corrected chi connectivity index (χ0v) is 33.6. The Kier molecular flexibility index (Phi) is 8.48. The highest BCUT2D eigenvalue weighted by atomic mass is 16.3. The van der Waals surface area contributed by atoms with Gasteiger partial charge in [0.05, 0.1) is 0 Å². The number of aryl methyl sites for hydroxylation is 1. The van der Waals surface area contributed by atoms with Crippen molar-refractivity contribution in [3.05, 3.63) is 210 Å². The molecule has 8 aromatic rings. The van der Waals surface area contributed by atoms with Crippen LogP contribution >= 0.6 is 0 Å². The van der Waals surface area contributed by atoms with Gasteiger partial charge >= 0.3 is 0 Å². The minimum Gasteiger partial charge on any atom is -0.460 e. The summed E-state index contributed by atoms with van der Waals surface area (Å²) >= 11 is 0. The summed E-state index contributed by atoms with van der Waals surface area (Å²) in [5, 5.41) is 1.19. The summed E-state index contributed by atoms with van der Waals surface area (Å²) in [6.07, 6.45) is 15.7. The van der Waals surface area contributed by atoms with E-state index in [1.165, 1.54) is 77.7 Å². The molecule has 0 saturated heterocycles. The number of allylic oxidation sites excluding steroid dienone is 5. The second-order valence-corrected chi connectivity index (χ2v) is 16.7. The molecule has 0 saturated carbocycles. The van der Waals surface area contributed by atoms with E-state index in [4.69, 9.17) is 4.42 Å². The molecule has 0 amide bonds. The molecule has 0 radical (unpaired) electrons. The summed E-state index contributed by atoms with van der Waals surface area (Å²) in [4.78, 5) is 2.36. The monoisotopic (exact) mass is 759 g/mol.